The fourth-order valence-electron chi connectivity index (χ4n) is 2.78. The highest BCUT2D eigenvalue weighted by Gasteiger charge is 2.32. The molecule has 3 heteroatoms. The first-order valence-electron chi connectivity index (χ1n) is 7.36. The van der Waals surface area contributed by atoms with Crippen LogP contribution in [0.4, 0.5) is 10.1 Å². The molecule has 0 bridgehead atoms. The summed E-state index contributed by atoms with van der Waals surface area (Å²) in [6.07, 6.45) is 4.43. The number of halogens is 1. The molecule has 19 heavy (non-hydrogen) atoms. The second kappa shape index (κ2) is 7.49. The van der Waals surface area contributed by atoms with E-state index in [0.29, 0.717) is 6.54 Å². The van der Waals surface area contributed by atoms with E-state index in [-0.39, 0.29) is 11.4 Å². The number of hydrogen-bond acceptors (Lipinski definition) is 2. The van der Waals surface area contributed by atoms with E-state index in [4.69, 9.17) is 5.73 Å². The highest BCUT2D eigenvalue weighted by Crippen LogP contribution is 2.30. The second-order valence-electron chi connectivity index (χ2n) is 5.11. The van der Waals surface area contributed by atoms with Crippen molar-refractivity contribution in [3.8, 4) is 0 Å². The molecular weight excluding hydrogens is 239 g/mol. The van der Waals surface area contributed by atoms with Crippen molar-refractivity contribution in [3.63, 3.8) is 0 Å². The summed E-state index contributed by atoms with van der Waals surface area (Å²) in [5.41, 5.74) is 7.14. The zero-order chi connectivity index (χ0) is 14.3. The minimum Gasteiger partial charge on any atom is -0.365 e. The number of benzene rings is 1. The van der Waals surface area contributed by atoms with Crippen LogP contribution in [0.15, 0.2) is 24.3 Å². The van der Waals surface area contributed by atoms with Gasteiger partial charge < -0.3 is 10.6 Å². The normalized spacial score (nSPS) is 14.2. The van der Waals surface area contributed by atoms with Crippen molar-refractivity contribution < 1.29 is 4.39 Å². The number of nitrogens with two attached hydrogens (primary N) is 1. The van der Waals surface area contributed by atoms with Crippen molar-refractivity contribution in [2.75, 3.05) is 18.0 Å². The first-order chi connectivity index (χ1) is 9.13. The van der Waals surface area contributed by atoms with Crippen LogP contribution >= 0.6 is 0 Å². The summed E-state index contributed by atoms with van der Waals surface area (Å²) >= 11 is 0. The molecule has 2 N–H and O–H groups in total. The Morgan fingerprint density at radius 1 is 1.16 bits per heavy atom. The van der Waals surface area contributed by atoms with Crippen LogP contribution < -0.4 is 10.6 Å². The van der Waals surface area contributed by atoms with Crippen LogP contribution in [0.25, 0.3) is 0 Å². The molecule has 0 saturated carbocycles. The topological polar surface area (TPSA) is 29.3 Å². The van der Waals surface area contributed by atoms with Gasteiger partial charge in [-0.3, -0.25) is 0 Å². The molecule has 1 aromatic rings. The van der Waals surface area contributed by atoms with Crippen molar-refractivity contribution in [1.82, 2.24) is 0 Å². The third-order valence-corrected chi connectivity index (χ3v) is 4.06. The number of hydrogen-bond donors (Lipinski definition) is 1. The average molecular weight is 266 g/mol. The molecule has 0 aliphatic carbocycles. The molecule has 1 aromatic carbocycles. The summed E-state index contributed by atoms with van der Waals surface area (Å²) < 4.78 is 13.1. The average Bonchev–Trinajstić information content (AvgIpc) is 2.45. The molecule has 0 aromatic heterocycles. The lowest BCUT2D eigenvalue weighted by molar-refractivity contribution is 0.347. The van der Waals surface area contributed by atoms with Gasteiger partial charge >= 0.3 is 0 Å². The van der Waals surface area contributed by atoms with Crippen LogP contribution in [0.2, 0.25) is 0 Å². The molecule has 0 heterocycles. The molecule has 1 atom stereocenters. The molecule has 1 rings (SSSR count). The van der Waals surface area contributed by atoms with Crippen molar-refractivity contribution in [2.24, 2.45) is 5.73 Å². The van der Waals surface area contributed by atoms with Gasteiger partial charge in [0.15, 0.2) is 0 Å². The van der Waals surface area contributed by atoms with Crippen LogP contribution in [0, 0.1) is 5.82 Å². The van der Waals surface area contributed by atoms with Gasteiger partial charge in [-0.05, 0) is 44.0 Å². The molecule has 2 nitrogen and oxygen atoms in total. The molecular formula is C16H27FN2. The van der Waals surface area contributed by atoms with Gasteiger partial charge in [-0.1, -0.05) is 26.7 Å². The largest absolute Gasteiger partial charge is 0.365 e. The van der Waals surface area contributed by atoms with E-state index < -0.39 is 0 Å². The van der Waals surface area contributed by atoms with Crippen LogP contribution in [0.1, 0.15) is 46.5 Å². The standard InChI is InChI=1S/C16H27FN2/c1-4-7-12-16(5-2,13-18)19(6-3)15-10-8-14(17)9-11-15/h8-11H,4-7,12-13,18H2,1-3H3. The molecule has 0 radical (unpaired) electrons. The summed E-state index contributed by atoms with van der Waals surface area (Å²) in [6.45, 7) is 8.05. The third kappa shape index (κ3) is 3.69. The quantitative estimate of drug-likeness (QED) is 0.772. The summed E-state index contributed by atoms with van der Waals surface area (Å²) in [7, 11) is 0. The monoisotopic (exact) mass is 266 g/mol. The molecule has 108 valence electrons. The third-order valence-electron chi connectivity index (χ3n) is 4.06. The van der Waals surface area contributed by atoms with E-state index in [1.165, 1.54) is 25.0 Å². The molecule has 1 unspecified atom stereocenters. The first kappa shape index (κ1) is 16.0. The molecule has 0 aliphatic heterocycles. The molecule has 0 fully saturated rings. The van der Waals surface area contributed by atoms with Crippen molar-refractivity contribution in [1.29, 1.82) is 0 Å². The Kier molecular flexibility index (Phi) is 6.29. The SMILES string of the molecule is CCCCC(CC)(CN)N(CC)c1ccc(F)cc1. The van der Waals surface area contributed by atoms with Crippen LogP contribution in [-0.2, 0) is 0 Å². The highest BCUT2D eigenvalue weighted by molar-refractivity contribution is 5.49. The van der Waals surface area contributed by atoms with Crippen LogP contribution in [0.3, 0.4) is 0 Å². The van der Waals surface area contributed by atoms with Crippen molar-refractivity contribution in [3.05, 3.63) is 30.1 Å². The lowest BCUT2D eigenvalue weighted by Gasteiger charge is -2.44. The summed E-state index contributed by atoms with van der Waals surface area (Å²) in [5, 5.41) is 0. The summed E-state index contributed by atoms with van der Waals surface area (Å²) in [5.74, 6) is -0.191. The number of unbranched alkanes of at least 4 members (excludes halogenated alkanes) is 1. The minimum atomic E-state index is -0.191. The van der Waals surface area contributed by atoms with Crippen LogP contribution in [-0.4, -0.2) is 18.6 Å². The van der Waals surface area contributed by atoms with E-state index in [1.807, 2.05) is 12.1 Å². The Bertz CT molecular complexity index is 358. The fourth-order valence-corrected chi connectivity index (χ4v) is 2.78. The smallest absolute Gasteiger partial charge is 0.123 e. The minimum absolute atomic E-state index is 0.0113. The highest BCUT2D eigenvalue weighted by atomic mass is 19.1. The lowest BCUT2D eigenvalue weighted by Crippen LogP contribution is -2.54. The predicted molar refractivity (Wildman–Crippen MR) is 81.0 cm³/mol. The van der Waals surface area contributed by atoms with E-state index in [0.717, 1.165) is 25.1 Å². The number of rotatable bonds is 8. The molecule has 0 aliphatic rings. The Morgan fingerprint density at radius 2 is 1.79 bits per heavy atom. The van der Waals surface area contributed by atoms with Gasteiger partial charge in [0.1, 0.15) is 5.82 Å². The van der Waals surface area contributed by atoms with Crippen LogP contribution in [0.5, 0.6) is 0 Å². The zero-order valence-corrected chi connectivity index (χ0v) is 12.5. The Hall–Kier alpha value is -1.09. The van der Waals surface area contributed by atoms with Gasteiger partial charge in [0.05, 0.1) is 5.54 Å². The fraction of sp³-hybridized carbons (Fsp3) is 0.625. The van der Waals surface area contributed by atoms with Crippen molar-refractivity contribution in [2.45, 2.75) is 52.0 Å². The van der Waals surface area contributed by atoms with Gasteiger partial charge in [-0.15, -0.1) is 0 Å². The van der Waals surface area contributed by atoms with E-state index in [9.17, 15) is 4.39 Å². The first-order valence-corrected chi connectivity index (χ1v) is 7.36. The Morgan fingerprint density at radius 3 is 2.21 bits per heavy atom. The summed E-state index contributed by atoms with van der Waals surface area (Å²) in [4.78, 5) is 2.34. The maximum atomic E-state index is 13.1. The van der Waals surface area contributed by atoms with Crippen molar-refractivity contribution >= 4 is 5.69 Å². The predicted octanol–water partition coefficient (Wildman–Crippen LogP) is 3.95. The lowest BCUT2D eigenvalue weighted by atomic mass is 9.87. The second-order valence-corrected chi connectivity index (χ2v) is 5.11. The number of nitrogens with zero attached hydrogens (tertiary/aromatic N) is 1. The molecule has 0 saturated heterocycles. The van der Waals surface area contributed by atoms with E-state index in [1.54, 1.807) is 0 Å². The Labute approximate surface area is 116 Å². The molecule has 0 spiro atoms. The van der Waals surface area contributed by atoms with Gasteiger partial charge in [0.25, 0.3) is 0 Å². The summed E-state index contributed by atoms with van der Waals surface area (Å²) in [6, 6.07) is 6.75. The van der Waals surface area contributed by atoms with Gasteiger partial charge in [0.2, 0.25) is 0 Å². The molecule has 0 amide bonds. The number of anilines is 1. The van der Waals surface area contributed by atoms with Gasteiger partial charge in [-0.2, -0.15) is 0 Å². The van der Waals surface area contributed by atoms with Gasteiger partial charge in [-0.25, -0.2) is 4.39 Å². The maximum Gasteiger partial charge on any atom is 0.123 e. The number of likely N-dealkylation sites (N-methyl/N-ethyl adjacent to an activating group) is 1. The van der Waals surface area contributed by atoms with E-state index >= 15 is 0 Å². The van der Waals surface area contributed by atoms with E-state index in [2.05, 4.69) is 25.7 Å². The zero-order valence-electron chi connectivity index (χ0n) is 12.5. The maximum absolute atomic E-state index is 13.1. The Balaban J connectivity index is 3.04. The van der Waals surface area contributed by atoms with Gasteiger partial charge in [0, 0.05) is 18.8 Å².